The summed E-state index contributed by atoms with van der Waals surface area (Å²) in [5, 5.41) is 2.92. The minimum atomic E-state index is -0.264. The largest absolute Gasteiger partial charge is 0.485 e. The first-order chi connectivity index (χ1) is 12.0. The van der Waals surface area contributed by atoms with Crippen LogP contribution in [0.2, 0.25) is 0 Å². The van der Waals surface area contributed by atoms with Gasteiger partial charge in [0, 0.05) is 5.69 Å². The van der Waals surface area contributed by atoms with E-state index in [9.17, 15) is 4.79 Å². The van der Waals surface area contributed by atoms with E-state index < -0.39 is 0 Å². The molecule has 0 saturated carbocycles. The smallest absolute Gasteiger partial charge is 0.291 e. The SMILES string of the molecule is Cc1ccccc1OCc1ccc(C(=O)Nc2c(C)cccc2C)o1. The Labute approximate surface area is 147 Å². The van der Waals surface area contributed by atoms with Crippen LogP contribution in [0.1, 0.15) is 33.0 Å². The molecule has 3 rings (SSSR count). The highest BCUT2D eigenvalue weighted by Crippen LogP contribution is 2.22. The van der Waals surface area contributed by atoms with Crippen molar-refractivity contribution < 1.29 is 13.9 Å². The predicted molar refractivity (Wildman–Crippen MR) is 98.1 cm³/mol. The fraction of sp³-hybridized carbons (Fsp3) is 0.190. The number of hydrogen-bond donors (Lipinski definition) is 1. The number of aryl methyl sites for hydroxylation is 3. The molecule has 1 heterocycles. The maximum atomic E-state index is 12.4. The Morgan fingerprint density at radius 3 is 2.32 bits per heavy atom. The molecule has 128 valence electrons. The highest BCUT2D eigenvalue weighted by atomic mass is 16.5. The molecule has 4 heteroatoms. The van der Waals surface area contributed by atoms with Crippen LogP contribution in [0, 0.1) is 20.8 Å². The first-order valence-electron chi connectivity index (χ1n) is 8.19. The average Bonchev–Trinajstić information content (AvgIpc) is 3.06. The molecular weight excluding hydrogens is 314 g/mol. The molecule has 0 saturated heterocycles. The summed E-state index contributed by atoms with van der Waals surface area (Å²) in [4.78, 5) is 12.4. The van der Waals surface area contributed by atoms with Crippen LogP contribution in [0.15, 0.2) is 59.0 Å². The zero-order valence-corrected chi connectivity index (χ0v) is 14.6. The van der Waals surface area contributed by atoms with Crippen LogP contribution in [0.4, 0.5) is 5.69 Å². The zero-order chi connectivity index (χ0) is 17.8. The standard InChI is InChI=1S/C21H21NO3/c1-14-7-4-5-10-18(14)24-13-17-11-12-19(25-17)21(23)22-20-15(2)8-6-9-16(20)3/h4-12H,13H2,1-3H3,(H,22,23). The minimum Gasteiger partial charge on any atom is -0.485 e. The summed E-state index contributed by atoms with van der Waals surface area (Å²) in [6.45, 7) is 6.20. The number of ether oxygens (including phenoxy) is 1. The number of anilines is 1. The van der Waals surface area contributed by atoms with E-state index >= 15 is 0 Å². The summed E-state index contributed by atoms with van der Waals surface area (Å²) in [6.07, 6.45) is 0. The fourth-order valence-electron chi connectivity index (χ4n) is 2.63. The monoisotopic (exact) mass is 335 g/mol. The van der Waals surface area contributed by atoms with E-state index in [1.54, 1.807) is 12.1 Å². The minimum absolute atomic E-state index is 0.264. The average molecular weight is 335 g/mol. The molecule has 1 N–H and O–H groups in total. The van der Waals surface area contributed by atoms with Gasteiger partial charge < -0.3 is 14.5 Å². The number of carbonyl (C=O) groups is 1. The summed E-state index contributed by atoms with van der Waals surface area (Å²) in [7, 11) is 0. The van der Waals surface area contributed by atoms with E-state index in [1.165, 1.54) is 0 Å². The molecule has 0 aliphatic carbocycles. The molecular formula is C21H21NO3. The van der Waals surface area contributed by atoms with Crippen molar-refractivity contribution in [3.63, 3.8) is 0 Å². The zero-order valence-electron chi connectivity index (χ0n) is 14.6. The van der Waals surface area contributed by atoms with E-state index in [4.69, 9.17) is 9.15 Å². The van der Waals surface area contributed by atoms with Crippen LogP contribution in [0.5, 0.6) is 5.75 Å². The van der Waals surface area contributed by atoms with Crippen LogP contribution in [0.25, 0.3) is 0 Å². The number of benzene rings is 2. The second kappa shape index (κ2) is 7.26. The maximum absolute atomic E-state index is 12.4. The highest BCUT2D eigenvalue weighted by Gasteiger charge is 2.14. The van der Waals surface area contributed by atoms with Gasteiger partial charge in [-0.1, -0.05) is 36.4 Å². The van der Waals surface area contributed by atoms with Crippen molar-refractivity contribution in [2.24, 2.45) is 0 Å². The molecule has 0 aliphatic rings. The van der Waals surface area contributed by atoms with E-state index in [-0.39, 0.29) is 18.3 Å². The first kappa shape index (κ1) is 16.8. The van der Waals surface area contributed by atoms with Crippen molar-refractivity contribution in [1.29, 1.82) is 0 Å². The quantitative estimate of drug-likeness (QED) is 0.711. The number of hydrogen-bond acceptors (Lipinski definition) is 3. The Hall–Kier alpha value is -3.01. The molecule has 0 unspecified atom stereocenters. The fourth-order valence-corrected chi connectivity index (χ4v) is 2.63. The van der Waals surface area contributed by atoms with Crippen LogP contribution in [-0.2, 0) is 6.61 Å². The molecule has 0 radical (unpaired) electrons. The van der Waals surface area contributed by atoms with Gasteiger partial charge in [-0.05, 0) is 55.7 Å². The van der Waals surface area contributed by atoms with Crippen molar-refractivity contribution in [3.8, 4) is 5.75 Å². The van der Waals surface area contributed by atoms with Gasteiger partial charge >= 0.3 is 0 Å². The van der Waals surface area contributed by atoms with Gasteiger partial charge in [-0.3, -0.25) is 4.79 Å². The number of rotatable bonds is 5. The van der Waals surface area contributed by atoms with Crippen molar-refractivity contribution in [2.45, 2.75) is 27.4 Å². The van der Waals surface area contributed by atoms with Crippen molar-refractivity contribution in [3.05, 3.63) is 82.8 Å². The molecule has 1 amide bonds. The summed E-state index contributed by atoms with van der Waals surface area (Å²) in [5.74, 6) is 1.42. The molecule has 0 fully saturated rings. The number of nitrogens with one attached hydrogen (secondary N) is 1. The Balaban J connectivity index is 1.67. The number of carbonyl (C=O) groups excluding carboxylic acids is 1. The third-order valence-corrected chi connectivity index (χ3v) is 4.07. The lowest BCUT2D eigenvalue weighted by Gasteiger charge is -2.10. The maximum Gasteiger partial charge on any atom is 0.291 e. The number of amides is 1. The van der Waals surface area contributed by atoms with E-state index in [2.05, 4.69) is 5.32 Å². The Bertz CT molecular complexity index is 875. The molecule has 0 atom stereocenters. The second-order valence-corrected chi connectivity index (χ2v) is 6.04. The summed E-state index contributed by atoms with van der Waals surface area (Å²) >= 11 is 0. The highest BCUT2D eigenvalue weighted by molar-refractivity contribution is 6.03. The molecule has 0 spiro atoms. The lowest BCUT2D eigenvalue weighted by atomic mass is 10.1. The van der Waals surface area contributed by atoms with Crippen LogP contribution < -0.4 is 10.1 Å². The Morgan fingerprint density at radius 1 is 0.920 bits per heavy atom. The van der Waals surface area contributed by atoms with Gasteiger partial charge in [0.05, 0.1) is 0 Å². The Morgan fingerprint density at radius 2 is 1.60 bits per heavy atom. The molecule has 2 aromatic carbocycles. The third kappa shape index (κ3) is 3.91. The second-order valence-electron chi connectivity index (χ2n) is 6.04. The molecule has 25 heavy (non-hydrogen) atoms. The number of furan rings is 1. The van der Waals surface area contributed by atoms with Crippen molar-refractivity contribution >= 4 is 11.6 Å². The predicted octanol–water partition coefficient (Wildman–Crippen LogP) is 5.04. The molecule has 1 aromatic heterocycles. The number of para-hydroxylation sites is 2. The topological polar surface area (TPSA) is 51.5 Å². The van der Waals surface area contributed by atoms with Gasteiger partial charge in [-0.2, -0.15) is 0 Å². The van der Waals surface area contributed by atoms with Gasteiger partial charge in [-0.15, -0.1) is 0 Å². The Kier molecular flexibility index (Phi) is 4.89. The van der Waals surface area contributed by atoms with Crippen LogP contribution in [-0.4, -0.2) is 5.91 Å². The van der Waals surface area contributed by atoms with Gasteiger partial charge in [0.15, 0.2) is 5.76 Å². The summed E-state index contributed by atoms with van der Waals surface area (Å²) in [6, 6.07) is 17.1. The van der Waals surface area contributed by atoms with Gasteiger partial charge in [0.2, 0.25) is 0 Å². The lowest BCUT2D eigenvalue weighted by molar-refractivity contribution is 0.0992. The lowest BCUT2D eigenvalue weighted by Crippen LogP contribution is -2.13. The van der Waals surface area contributed by atoms with Crippen LogP contribution >= 0.6 is 0 Å². The van der Waals surface area contributed by atoms with Gasteiger partial charge in [0.1, 0.15) is 18.1 Å². The van der Waals surface area contributed by atoms with Crippen molar-refractivity contribution in [2.75, 3.05) is 5.32 Å². The summed E-state index contributed by atoms with van der Waals surface area (Å²) < 4.78 is 11.4. The molecule has 3 aromatic rings. The van der Waals surface area contributed by atoms with Gasteiger partial charge in [-0.25, -0.2) is 0 Å². The van der Waals surface area contributed by atoms with Crippen molar-refractivity contribution in [1.82, 2.24) is 0 Å². The first-order valence-corrected chi connectivity index (χ1v) is 8.19. The van der Waals surface area contributed by atoms with Crippen LogP contribution in [0.3, 0.4) is 0 Å². The van der Waals surface area contributed by atoms with Gasteiger partial charge in [0.25, 0.3) is 5.91 Å². The van der Waals surface area contributed by atoms with E-state index in [1.807, 2.05) is 63.2 Å². The molecule has 0 aliphatic heterocycles. The van der Waals surface area contributed by atoms with E-state index in [0.717, 1.165) is 28.1 Å². The molecule has 0 bridgehead atoms. The molecule has 4 nitrogen and oxygen atoms in total. The normalized spacial score (nSPS) is 10.5. The van der Waals surface area contributed by atoms with E-state index in [0.29, 0.717) is 5.76 Å². The summed E-state index contributed by atoms with van der Waals surface area (Å²) in [5.41, 5.74) is 3.91. The third-order valence-electron chi connectivity index (χ3n) is 4.07.